The summed E-state index contributed by atoms with van der Waals surface area (Å²) in [5, 5.41) is 81.8. The predicted molar refractivity (Wildman–Crippen MR) is 294 cm³/mol. The Bertz CT molecular complexity index is 2490. The van der Waals surface area contributed by atoms with Gasteiger partial charge in [-0.1, -0.05) is 26.0 Å². The molecule has 0 aromatic heterocycles. The average molecular weight is 1190 g/mol. The number of aliphatic carboxylic acids is 3. The van der Waals surface area contributed by atoms with Crippen LogP contribution in [0.4, 0.5) is 0 Å². The summed E-state index contributed by atoms with van der Waals surface area (Å²) in [6.45, 7) is 6.33. The van der Waals surface area contributed by atoms with E-state index >= 15 is 0 Å². The lowest BCUT2D eigenvalue weighted by Gasteiger charge is -2.31. The quantitative estimate of drug-likeness (QED) is 0.0280. The molecule has 2 aliphatic heterocycles. The molecule has 2 aliphatic rings. The van der Waals surface area contributed by atoms with Crippen molar-refractivity contribution >= 4 is 77.0 Å². The van der Waals surface area contributed by atoms with E-state index in [2.05, 4.69) is 47.9 Å². The number of aliphatic hydroxyl groups excluding tert-OH is 2. The van der Waals surface area contributed by atoms with Crippen LogP contribution in [0.3, 0.4) is 0 Å². The number of primary amides is 1. The molecule has 3 rings (SSSR count). The maximum atomic E-state index is 14.4. The van der Waals surface area contributed by atoms with Crippen molar-refractivity contribution in [3.05, 3.63) is 29.8 Å². The largest absolute Gasteiger partial charge is 0.508 e. The van der Waals surface area contributed by atoms with Gasteiger partial charge in [0, 0.05) is 25.8 Å². The lowest BCUT2D eigenvalue weighted by atomic mass is 9.99. The van der Waals surface area contributed by atoms with Crippen molar-refractivity contribution in [1.29, 1.82) is 0 Å². The summed E-state index contributed by atoms with van der Waals surface area (Å²) in [6.07, 6.45) is -4.94. The molecule has 0 spiro atoms. The Morgan fingerprint density at radius 3 is 1.68 bits per heavy atom. The number of aliphatic hydroxyl groups is 2. The summed E-state index contributed by atoms with van der Waals surface area (Å²) in [5.74, 6) is -14.8. The number of carboxylic acids is 3. The number of aromatic hydroxyl groups is 1. The molecule has 0 saturated carbocycles. The van der Waals surface area contributed by atoms with Crippen molar-refractivity contribution in [2.75, 3.05) is 19.6 Å². The first-order chi connectivity index (χ1) is 39.5. The molecule has 2 saturated heterocycles. The van der Waals surface area contributed by atoms with E-state index in [1.165, 1.54) is 31.2 Å². The molecule has 0 aliphatic carbocycles. The Hall–Kier alpha value is -8.03. The third-order valence-electron chi connectivity index (χ3n) is 13.8. The summed E-state index contributed by atoms with van der Waals surface area (Å²) in [5.41, 5.74) is 11.4. The van der Waals surface area contributed by atoms with Gasteiger partial charge in [0.2, 0.25) is 59.1 Å². The van der Waals surface area contributed by atoms with Gasteiger partial charge in [0.05, 0.1) is 24.7 Å². The molecule has 31 heteroatoms. The lowest BCUT2D eigenvalue weighted by Crippen LogP contribution is -2.62. The number of hydrogen-bond acceptors (Lipinski definition) is 18. The number of nitrogens with one attached hydrogen (secondary N) is 9. The molecule has 0 radical (unpaired) electrons. The number of phenols is 1. The van der Waals surface area contributed by atoms with Gasteiger partial charge in [0.25, 0.3) is 0 Å². The molecule has 31 nitrogen and oxygen atoms in total. The zero-order valence-electron chi connectivity index (χ0n) is 47.4. The second-order valence-corrected chi connectivity index (χ2v) is 21.3. The Morgan fingerprint density at radius 2 is 1.13 bits per heavy atom. The summed E-state index contributed by atoms with van der Waals surface area (Å²) in [7, 11) is 0. The standard InChI is InChI=1S/C53H82N12O19/c1-26(2)23-35(47(77)61-36(24-29-12-14-30(68)15-13-29)48(78)57-32(9-5-6-20-54)45(75)62-37(53(83)84)25-41(72)73)60-46(76)33(17-19-40(70)71)58-49(79)38-11-8-22-65(38)52(82)34(16-18-39(55)69)59-50(80)42(27(3)66)64-51(81)43(28(4)67)63-44(74)31-10-7-21-56-31/h12-15,26-28,31-38,42-43,56,66-68H,5-11,16-25,54H2,1-4H3,(H2,55,69)(H,57,78)(H,58,79)(H,59,80)(H,60,76)(H,61,77)(H,62,75)(H,63,74)(H,64,81)(H,70,71)(H,72,73)(H,83,84)/t27-,28-,31+,32+,33+,34+,35+,36+,37+,38+,42+,43+/m1/s1. The fourth-order valence-corrected chi connectivity index (χ4v) is 9.33. The van der Waals surface area contributed by atoms with Crippen molar-refractivity contribution in [1.82, 2.24) is 52.8 Å². The molecular formula is C53H82N12O19. The third-order valence-corrected chi connectivity index (χ3v) is 13.8. The first kappa shape index (κ1) is 70.2. The number of benzene rings is 1. The number of carbonyl (C=O) groups excluding carboxylic acids is 10. The number of phenolic OH excluding ortho intramolecular Hbond substituents is 1. The van der Waals surface area contributed by atoms with Gasteiger partial charge in [-0.25, -0.2) is 4.79 Å². The van der Waals surface area contributed by atoms with E-state index in [1.807, 2.05) is 0 Å². The Labute approximate surface area is 484 Å². The summed E-state index contributed by atoms with van der Waals surface area (Å²) in [4.78, 5) is 173. The number of unbranched alkanes of at least 4 members (excludes halogenated alkanes) is 1. The van der Waals surface area contributed by atoms with E-state index in [-0.39, 0.29) is 63.3 Å². The number of carboxylic acid groups (broad SMARTS) is 3. The molecule has 0 unspecified atom stereocenters. The molecule has 2 heterocycles. The monoisotopic (exact) mass is 1190 g/mol. The van der Waals surface area contributed by atoms with Gasteiger partial charge in [-0.15, -0.1) is 0 Å². The first-order valence-corrected chi connectivity index (χ1v) is 27.8. The van der Waals surface area contributed by atoms with Crippen LogP contribution < -0.4 is 59.3 Å². The molecule has 10 amide bonds. The predicted octanol–water partition coefficient (Wildman–Crippen LogP) is -4.82. The van der Waals surface area contributed by atoms with Gasteiger partial charge in [0.1, 0.15) is 60.1 Å². The Balaban J connectivity index is 1.90. The first-order valence-electron chi connectivity index (χ1n) is 27.8. The van der Waals surface area contributed by atoms with Crippen molar-refractivity contribution < 1.29 is 93.0 Å². The molecule has 84 heavy (non-hydrogen) atoms. The second kappa shape index (κ2) is 34.5. The maximum Gasteiger partial charge on any atom is 0.326 e. The topological polar surface area (TPSA) is 507 Å². The van der Waals surface area contributed by atoms with E-state index < -0.39 is 182 Å². The number of rotatable bonds is 36. The fourth-order valence-electron chi connectivity index (χ4n) is 9.33. The Kier molecular flexibility index (Phi) is 28.9. The normalized spacial score (nSPS) is 18.4. The molecule has 19 N–H and O–H groups in total. The molecule has 0 bridgehead atoms. The van der Waals surface area contributed by atoms with Crippen molar-refractivity contribution in [2.24, 2.45) is 17.4 Å². The highest BCUT2D eigenvalue weighted by Crippen LogP contribution is 2.21. The smallest absolute Gasteiger partial charge is 0.326 e. The van der Waals surface area contributed by atoms with Crippen LogP contribution in [-0.4, -0.2) is 205 Å². The van der Waals surface area contributed by atoms with Gasteiger partial charge in [0.15, 0.2) is 0 Å². The van der Waals surface area contributed by atoms with Crippen LogP contribution in [0.5, 0.6) is 5.75 Å². The number of likely N-dealkylation sites (tertiary alicyclic amines) is 1. The minimum Gasteiger partial charge on any atom is -0.508 e. The van der Waals surface area contributed by atoms with Crippen LogP contribution in [0.2, 0.25) is 0 Å². The van der Waals surface area contributed by atoms with Gasteiger partial charge in [-0.2, -0.15) is 0 Å². The van der Waals surface area contributed by atoms with Gasteiger partial charge in [-0.05, 0) is 115 Å². The van der Waals surface area contributed by atoms with E-state index in [9.17, 15) is 93.0 Å². The summed E-state index contributed by atoms with van der Waals surface area (Å²) < 4.78 is 0. The van der Waals surface area contributed by atoms with Crippen molar-refractivity contribution in [2.45, 2.75) is 190 Å². The molecule has 12 atom stereocenters. The number of nitrogens with two attached hydrogens (primary N) is 2. The van der Waals surface area contributed by atoms with Crippen molar-refractivity contribution in [3.63, 3.8) is 0 Å². The van der Waals surface area contributed by atoms with Gasteiger partial charge in [-0.3, -0.25) is 57.5 Å². The SMILES string of the molecule is CC(C)C[C@H](NC(=O)[C@H](CCC(=O)O)NC(=O)[C@@H]1CCCN1C(=O)[C@H](CCC(N)=O)NC(=O)[C@@H](NC(=O)[C@@H](NC(=O)[C@@H]1CCCN1)[C@@H](C)O)[C@@H](C)O)C(=O)N[C@@H](Cc1ccc(O)cc1)C(=O)N[C@@H](CCCCN)C(=O)N[C@@H](CC(=O)O)C(=O)O. The van der Waals surface area contributed by atoms with Crippen molar-refractivity contribution in [3.8, 4) is 5.75 Å². The molecule has 1 aromatic carbocycles. The minimum atomic E-state index is -1.88. The molecule has 468 valence electrons. The van der Waals surface area contributed by atoms with Gasteiger partial charge < -0.3 is 94.9 Å². The van der Waals surface area contributed by atoms with Crippen LogP contribution in [0.25, 0.3) is 0 Å². The highest BCUT2D eigenvalue weighted by Gasteiger charge is 2.42. The van der Waals surface area contributed by atoms with Crippen LogP contribution in [0.15, 0.2) is 24.3 Å². The summed E-state index contributed by atoms with van der Waals surface area (Å²) in [6, 6.07) is -9.73. The number of nitrogens with zero attached hydrogens (tertiary/aromatic N) is 1. The fraction of sp³-hybridized carbons (Fsp3) is 0.642. The molecular weight excluding hydrogens is 1110 g/mol. The maximum absolute atomic E-state index is 14.4. The third kappa shape index (κ3) is 23.3. The average Bonchev–Trinajstić information content (AvgIpc) is 3.53. The zero-order valence-corrected chi connectivity index (χ0v) is 47.4. The highest BCUT2D eigenvalue weighted by atomic mass is 16.4. The number of carbonyl (C=O) groups is 13. The van der Waals surface area contributed by atoms with E-state index in [0.717, 1.165) is 11.8 Å². The molecule has 1 aromatic rings. The number of amides is 10. The molecule has 2 fully saturated rings. The Morgan fingerprint density at radius 1 is 0.595 bits per heavy atom. The lowest BCUT2D eigenvalue weighted by molar-refractivity contribution is -0.147. The minimum absolute atomic E-state index is 0.0304. The van der Waals surface area contributed by atoms with E-state index in [1.54, 1.807) is 13.8 Å². The number of hydrogen-bond donors (Lipinski definition) is 17. The van der Waals surface area contributed by atoms with Crippen LogP contribution in [0.1, 0.15) is 117 Å². The van der Waals surface area contributed by atoms with E-state index in [0.29, 0.717) is 31.4 Å². The summed E-state index contributed by atoms with van der Waals surface area (Å²) >= 11 is 0. The second-order valence-electron chi connectivity index (χ2n) is 21.3. The van der Waals surface area contributed by atoms with E-state index in [4.69, 9.17) is 11.5 Å². The van der Waals surface area contributed by atoms with Crippen LogP contribution in [0, 0.1) is 5.92 Å². The van der Waals surface area contributed by atoms with Crippen LogP contribution in [-0.2, 0) is 68.7 Å². The van der Waals surface area contributed by atoms with Gasteiger partial charge >= 0.3 is 17.9 Å². The highest BCUT2D eigenvalue weighted by molar-refractivity contribution is 5.99. The van der Waals surface area contributed by atoms with Crippen LogP contribution >= 0.6 is 0 Å². The zero-order chi connectivity index (χ0) is 63.0.